The first-order valence-electron chi connectivity index (χ1n) is 9.61. The maximum absolute atomic E-state index is 13.4. The maximum atomic E-state index is 13.4. The topological polar surface area (TPSA) is 68.6 Å². The van der Waals surface area contributed by atoms with E-state index in [1.165, 1.54) is 10.6 Å². The normalized spacial score (nSPS) is 17.1. The summed E-state index contributed by atoms with van der Waals surface area (Å²) in [5.74, 6) is -0.904. The van der Waals surface area contributed by atoms with E-state index in [0.29, 0.717) is 26.0 Å². The van der Waals surface area contributed by atoms with Gasteiger partial charge in [-0.15, -0.1) is 0 Å². The minimum Gasteiger partial charge on any atom is -0.466 e. The lowest BCUT2D eigenvalue weighted by Crippen LogP contribution is -2.44. The van der Waals surface area contributed by atoms with Crippen LogP contribution in [0.3, 0.4) is 0 Å². The molecule has 0 aliphatic carbocycles. The Labute approximate surface area is 177 Å². The second kappa shape index (κ2) is 9.69. The Morgan fingerprint density at radius 1 is 1.24 bits per heavy atom. The summed E-state index contributed by atoms with van der Waals surface area (Å²) in [4.78, 5) is 39.6. The zero-order valence-corrected chi connectivity index (χ0v) is 17.8. The number of hydrogen-bond acceptors (Lipinski definition) is 4. The quantitative estimate of drug-likeness (QED) is 0.508. The van der Waals surface area contributed by atoms with E-state index in [-0.39, 0.29) is 35.6 Å². The Bertz CT molecular complexity index is 983. The molecule has 2 aromatic rings. The van der Waals surface area contributed by atoms with Crippen molar-refractivity contribution in [1.29, 1.82) is 0 Å². The summed E-state index contributed by atoms with van der Waals surface area (Å²) < 4.78 is 7.35. The number of benzene rings is 1. The van der Waals surface area contributed by atoms with E-state index >= 15 is 0 Å². The summed E-state index contributed by atoms with van der Waals surface area (Å²) in [7, 11) is 0. The number of aromatic nitrogens is 1. The van der Waals surface area contributed by atoms with Crippen LogP contribution in [0.2, 0.25) is 0 Å². The van der Waals surface area contributed by atoms with E-state index in [0.717, 1.165) is 10.0 Å². The maximum Gasteiger partial charge on any atom is 0.310 e. The molecule has 0 N–H and O–H groups in total. The second-order valence-electron chi connectivity index (χ2n) is 6.84. The van der Waals surface area contributed by atoms with Crippen molar-refractivity contribution in [3.63, 3.8) is 0 Å². The van der Waals surface area contributed by atoms with Gasteiger partial charge < -0.3 is 9.64 Å². The molecule has 1 atom stereocenters. The summed E-state index contributed by atoms with van der Waals surface area (Å²) in [6.45, 7) is 2.91. The molecule has 1 amide bonds. The molecule has 1 aromatic heterocycles. The number of piperidine rings is 1. The van der Waals surface area contributed by atoms with Crippen molar-refractivity contribution >= 4 is 39.6 Å². The molecule has 7 heteroatoms. The molecule has 2 heterocycles. The van der Waals surface area contributed by atoms with Crippen LogP contribution in [0.1, 0.15) is 25.3 Å². The van der Waals surface area contributed by atoms with Crippen molar-refractivity contribution in [2.24, 2.45) is 5.92 Å². The molecule has 1 aliphatic rings. The Hall–Kier alpha value is -2.67. The van der Waals surface area contributed by atoms with Gasteiger partial charge in [-0.25, -0.2) is 0 Å². The number of halogens is 1. The van der Waals surface area contributed by atoms with Crippen LogP contribution in [-0.2, 0) is 14.3 Å². The number of carbonyl (C=O) groups is 2. The van der Waals surface area contributed by atoms with Crippen molar-refractivity contribution in [2.75, 3.05) is 19.7 Å². The Morgan fingerprint density at radius 2 is 2.07 bits per heavy atom. The summed E-state index contributed by atoms with van der Waals surface area (Å²) in [5.41, 5.74) is 0.747. The van der Waals surface area contributed by atoms with Gasteiger partial charge in [0.05, 0.1) is 12.5 Å². The van der Waals surface area contributed by atoms with Crippen LogP contribution >= 0.6 is 15.9 Å². The van der Waals surface area contributed by atoms with E-state index in [1.54, 1.807) is 36.2 Å². The second-order valence-corrected chi connectivity index (χ2v) is 7.75. The van der Waals surface area contributed by atoms with Crippen molar-refractivity contribution in [1.82, 2.24) is 9.47 Å². The summed E-state index contributed by atoms with van der Waals surface area (Å²) in [5, 5.41) is 0. The van der Waals surface area contributed by atoms with E-state index in [1.807, 2.05) is 24.3 Å². The van der Waals surface area contributed by atoms with E-state index in [2.05, 4.69) is 15.9 Å². The molecule has 1 aromatic carbocycles. The summed E-state index contributed by atoms with van der Waals surface area (Å²) in [6, 6.07) is 12.3. The zero-order valence-electron chi connectivity index (χ0n) is 16.2. The molecule has 0 spiro atoms. The van der Waals surface area contributed by atoms with E-state index in [4.69, 9.17) is 4.74 Å². The summed E-state index contributed by atoms with van der Waals surface area (Å²) in [6.07, 6.45) is 4.68. The Balaban J connectivity index is 1.96. The SMILES string of the molecule is CCOC(=O)C1CCCN(C(=O)C(=Cc2cccc(Br)c2)n2ccccc2=O)C1. The predicted octanol–water partition coefficient (Wildman–Crippen LogP) is 3.41. The van der Waals surface area contributed by atoms with Crippen LogP contribution in [0.5, 0.6) is 0 Å². The first-order valence-corrected chi connectivity index (χ1v) is 10.4. The van der Waals surface area contributed by atoms with Gasteiger partial charge in [0, 0.05) is 29.8 Å². The van der Waals surface area contributed by atoms with Gasteiger partial charge in [0.1, 0.15) is 5.70 Å². The third-order valence-electron chi connectivity index (χ3n) is 4.78. The minimum atomic E-state index is -0.340. The first-order chi connectivity index (χ1) is 14.0. The van der Waals surface area contributed by atoms with Gasteiger partial charge in [0.15, 0.2) is 0 Å². The smallest absolute Gasteiger partial charge is 0.310 e. The molecule has 152 valence electrons. The molecule has 6 nitrogen and oxygen atoms in total. The lowest BCUT2D eigenvalue weighted by molar-refractivity contribution is -0.150. The number of amides is 1. The van der Waals surface area contributed by atoms with Gasteiger partial charge in [-0.1, -0.05) is 34.1 Å². The molecule has 0 radical (unpaired) electrons. The van der Waals surface area contributed by atoms with Crippen LogP contribution in [0.4, 0.5) is 0 Å². The van der Waals surface area contributed by atoms with Crippen LogP contribution in [0, 0.1) is 5.92 Å². The first kappa shape index (κ1) is 21.0. The highest BCUT2D eigenvalue weighted by molar-refractivity contribution is 9.10. The number of nitrogens with zero attached hydrogens (tertiary/aromatic N) is 2. The highest BCUT2D eigenvalue weighted by Crippen LogP contribution is 2.22. The summed E-state index contributed by atoms with van der Waals surface area (Å²) >= 11 is 3.43. The van der Waals surface area contributed by atoms with Gasteiger partial charge >= 0.3 is 5.97 Å². The van der Waals surface area contributed by atoms with Crippen LogP contribution in [0.25, 0.3) is 11.8 Å². The number of likely N-dealkylation sites (tertiary alicyclic amines) is 1. The standard InChI is InChI=1S/C22H23BrN2O4/c1-2-29-22(28)17-8-6-11-24(15-17)21(27)19(25-12-4-3-10-20(25)26)14-16-7-5-9-18(23)13-16/h3-5,7,9-10,12-14,17H,2,6,8,11,15H2,1H3. The highest BCUT2D eigenvalue weighted by atomic mass is 79.9. The molecular weight excluding hydrogens is 436 g/mol. The third kappa shape index (κ3) is 5.23. The Kier molecular flexibility index (Phi) is 7.04. The van der Waals surface area contributed by atoms with Crippen molar-refractivity contribution < 1.29 is 14.3 Å². The van der Waals surface area contributed by atoms with E-state index in [9.17, 15) is 14.4 Å². The average Bonchev–Trinajstić information content (AvgIpc) is 2.72. The average molecular weight is 459 g/mol. The minimum absolute atomic E-state index is 0.248. The lowest BCUT2D eigenvalue weighted by atomic mass is 9.98. The number of hydrogen-bond donors (Lipinski definition) is 0. The molecule has 0 saturated carbocycles. The third-order valence-corrected chi connectivity index (χ3v) is 5.27. The van der Waals surface area contributed by atoms with Gasteiger partial charge in [0.2, 0.25) is 0 Å². The molecule has 1 saturated heterocycles. The number of esters is 1. The van der Waals surface area contributed by atoms with Gasteiger partial charge in [-0.2, -0.15) is 0 Å². The fourth-order valence-corrected chi connectivity index (χ4v) is 3.81. The van der Waals surface area contributed by atoms with Crippen LogP contribution in [0.15, 0.2) is 57.9 Å². The zero-order chi connectivity index (χ0) is 20.8. The van der Waals surface area contributed by atoms with Gasteiger partial charge in [0.25, 0.3) is 11.5 Å². The fourth-order valence-electron chi connectivity index (χ4n) is 3.39. The monoisotopic (exact) mass is 458 g/mol. The van der Waals surface area contributed by atoms with Gasteiger partial charge in [-0.05, 0) is 49.6 Å². The molecule has 1 aliphatic heterocycles. The number of rotatable bonds is 5. The number of carbonyl (C=O) groups excluding carboxylic acids is 2. The van der Waals surface area contributed by atoms with E-state index < -0.39 is 0 Å². The highest BCUT2D eigenvalue weighted by Gasteiger charge is 2.31. The van der Waals surface area contributed by atoms with Crippen molar-refractivity contribution in [3.8, 4) is 0 Å². The molecule has 3 rings (SSSR count). The predicted molar refractivity (Wildman–Crippen MR) is 115 cm³/mol. The molecule has 1 unspecified atom stereocenters. The number of ether oxygens (including phenoxy) is 1. The molecule has 0 bridgehead atoms. The molecule has 29 heavy (non-hydrogen) atoms. The number of pyridine rings is 1. The van der Waals surface area contributed by atoms with Gasteiger partial charge in [-0.3, -0.25) is 19.0 Å². The molecular formula is C22H23BrN2O4. The largest absolute Gasteiger partial charge is 0.466 e. The lowest BCUT2D eigenvalue weighted by Gasteiger charge is -2.32. The Morgan fingerprint density at radius 3 is 2.79 bits per heavy atom. The fraction of sp³-hybridized carbons (Fsp3) is 0.318. The van der Waals surface area contributed by atoms with Crippen molar-refractivity contribution in [2.45, 2.75) is 19.8 Å². The molecule has 1 fully saturated rings. The van der Waals surface area contributed by atoms with Crippen LogP contribution in [-0.4, -0.2) is 41.0 Å². The van der Waals surface area contributed by atoms with Crippen molar-refractivity contribution in [3.05, 3.63) is 69.1 Å². The van der Waals surface area contributed by atoms with Crippen LogP contribution < -0.4 is 5.56 Å².